The molecule has 0 fully saturated rings. The number of aromatic carboxylic acids is 1. The molecule has 208 valence electrons. The minimum Gasteiger partial charge on any atom is -0.478 e. The number of carboxylic acid groups (broad SMARTS) is 1. The molecule has 4 aromatic rings. The highest BCUT2D eigenvalue weighted by atomic mass is 35.5. The number of nitrogen functional groups attached to an aromatic ring is 1. The third-order valence-corrected chi connectivity index (χ3v) is 7.02. The average molecular weight is 581 g/mol. The monoisotopic (exact) mass is 580 g/mol. The normalized spacial score (nSPS) is 17.2. The molecule has 1 unspecified atom stereocenters. The largest absolute Gasteiger partial charge is 0.478 e. The highest BCUT2D eigenvalue weighted by Gasteiger charge is 2.56. The summed E-state index contributed by atoms with van der Waals surface area (Å²) in [5, 5.41) is 16.7. The molecule has 40 heavy (non-hydrogen) atoms. The summed E-state index contributed by atoms with van der Waals surface area (Å²) in [4.78, 5) is 33.3. The number of anilines is 2. The smallest absolute Gasteiger partial charge is 0.453 e. The molecule has 2 aromatic carbocycles. The maximum Gasteiger partial charge on any atom is 0.453 e. The van der Waals surface area contributed by atoms with Gasteiger partial charge in [0.15, 0.2) is 5.82 Å². The van der Waals surface area contributed by atoms with E-state index in [2.05, 4.69) is 20.4 Å². The van der Waals surface area contributed by atoms with Crippen LogP contribution in [0.2, 0.25) is 5.02 Å². The molecule has 0 spiro atoms. The van der Waals surface area contributed by atoms with Crippen LogP contribution >= 0.6 is 11.6 Å². The van der Waals surface area contributed by atoms with Crippen LogP contribution in [0.25, 0.3) is 22.4 Å². The fourth-order valence-electron chi connectivity index (χ4n) is 4.62. The van der Waals surface area contributed by atoms with Gasteiger partial charge in [0.05, 0.1) is 16.6 Å². The lowest BCUT2D eigenvalue weighted by molar-refractivity contribution is -0.285. The zero-order valence-electron chi connectivity index (χ0n) is 20.4. The second-order valence-corrected chi connectivity index (χ2v) is 9.74. The number of aryl methyl sites for hydroxylation is 1. The molecule has 5 rings (SSSR count). The second kappa shape index (κ2) is 9.11. The number of hydrogen-bond donors (Lipinski definition) is 3. The number of nitrogens with two attached hydrogens (primary N) is 1. The van der Waals surface area contributed by atoms with E-state index in [-0.39, 0.29) is 44.8 Å². The van der Waals surface area contributed by atoms with Gasteiger partial charge in [-0.25, -0.2) is 14.8 Å². The Morgan fingerprint density at radius 1 is 1.15 bits per heavy atom. The summed E-state index contributed by atoms with van der Waals surface area (Å²) in [7, 11) is 0. The quantitative estimate of drug-likeness (QED) is 0.264. The molecule has 4 N–H and O–H groups in total. The van der Waals surface area contributed by atoms with E-state index in [4.69, 9.17) is 17.3 Å². The van der Waals surface area contributed by atoms with E-state index >= 15 is 0 Å². The first-order valence-corrected chi connectivity index (χ1v) is 12.0. The van der Waals surface area contributed by atoms with Gasteiger partial charge in [0, 0.05) is 23.4 Å². The molecule has 0 bridgehead atoms. The number of fused-ring (bicyclic) bond motifs is 2. The molecule has 1 amide bonds. The first kappa shape index (κ1) is 27.2. The third kappa shape index (κ3) is 4.28. The predicted octanol–water partition coefficient (Wildman–Crippen LogP) is 5.27. The zero-order chi connectivity index (χ0) is 29.2. The van der Waals surface area contributed by atoms with E-state index in [1.165, 1.54) is 43.3 Å². The lowest BCUT2D eigenvalue weighted by Crippen LogP contribution is -2.37. The number of rotatable bonds is 6. The van der Waals surface area contributed by atoms with Gasteiger partial charge in [-0.2, -0.15) is 27.1 Å². The Hall–Kier alpha value is -4.33. The van der Waals surface area contributed by atoms with Crippen molar-refractivity contribution in [3.05, 3.63) is 64.2 Å². The van der Waals surface area contributed by atoms with E-state index in [1.54, 1.807) is 6.07 Å². The number of alkyl halides is 5. The number of carboxylic acids is 1. The van der Waals surface area contributed by atoms with Crippen molar-refractivity contribution in [1.29, 1.82) is 0 Å². The Kier molecular flexibility index (Phi) is 6.21. The first-order chi connectivity index (χ1) is 18.6. The van der Waals surface area contributed by atoms with Crippen LogP contribution in [-0.4, -0.2) is 48.8 Å². The van der Waals surface area contributed by atoms with Gasteiger partial charge in [-0.1, -0.05) is 23.7 Å². The van der Waals surface area contributed by atoms with E-state index in [0.29, 0.717) is 10.9 Å². The van der Waals surface area contributed by atoms with Gasteiger partial charge >= 0.3 is 18.1 Å². The summed E-state index contributed by atoms with van der Waals surface area (Å²) in [5.74, 6) is -6.98. The van der Waals surface area contributed by atoms with Gasteiger partial charge in [-0.15, -0.1) is 0 Å². The summed E-state index contributed by atoms with van der Waals surface area (Å²) in [6, 6.07) is 10.0. The SMILES string of the molecule is CC1(c2cccc(C(=O)O)c2)C(=O)Nc2nc(-c3nn(CCC(F)(F)C(F)(F)F)c4cc(Cl)ccc34)nc(N)c21. The standard InChI is InChI=1S/C25H18ClF5N6O3/c1-23(12-4-2-3-11(9-12)21(38)39)16-18(32)33-20(34-19(16)35-22(23)40)17-14-6-5-13(26)10-15(14)37(36-17)8-7-24(27,28)25(29,30)31/h2-6,9-10H,7-8H2,1H3,(H,38,39)(H3,32,33,34,35,40). The molecule has 0 saturated carbocycles. The van der Waals surface area contributed by atoms with Gasteiger partial charge in [0.25, 0.3) is 0 Å². The molecule has 15 heteroatoms. The highest BCUT2D eigenvalue weighted by Crippen LogP contribution is 2.45. The number of amides is 1. The Labute approximate surface area is 226 Å². The number of nitrogens with one attached hydrogen (secondary N) is 1. The first-order valence-electron chi connectivity index (χ1n) is 11.6. The van der Waals surface area contributed by atoms with Crippen molar-refractivity contribution in [3.63, 3.8) is 0 Å². The van der Waals surface area contributed by atoms with Gasteiger partial charge in [-0.05, 0) is 42.8 Å². The molecule has 1 aliphatic rings. The number of aromatic nitrogens is 4. The number of hydrogen-bond acceptors (Lipinski definition) is 6. The van der Waals surface area contributed by atoms with Crippen molar-refractivity contribution in [2.24, 2.45) is 0 Å². The summed E-state index contributed by atoms with van der Waals surface area (Å²) in [5.41, 5.74) is 5.44. The van der Waals surface area contributed by atoms with Gasteiger partial charge < -0.3 is 16.2 Å². The van der Waals surface area contributed by atoms with E-state index < -0.39 is 42.4 Å². The molecule has 1 aliphatic heterocycles. The number of carbonyl (C=O) groups is 2. The van der Waals surface area contributed by atoms with E-state index in [1.807, 2.05) is 0 Å². The van der Waals surface area contributed by atoms with Crippen LogP contribution in [0, 0.1) is 0 Å². The molecular weight excluding hydrogens is 563 g/mol. The van der Waals surface area contributed by atoms with Crippen molar-refractivity contribution in [1.82, 2.24) is 19.7 Å². The highest BCUT2D eigenvalue weighted by molar-refractivity contribution is 6.31. The van der Waals surface area contributed by atoms with Crippen molar-refractivity contribution in [2.45, 2.75) is 37.4 Å². The Morgan fingerprint density at radius 3 is 2.55 bits per heavy atom. The predicted molar refractivity (Wildman–Crippen MR) is 134 cm³/mol. The van der Waals surface area contributed by atoms with Crippen molar-refractivity contribution < 1.29 is 36.6 Å². The van der Waals surface area contributed by atoms with E-state index in [9.17, 15) is 36.6 Å². The summed E-state index contributed by atoms with van der Waals surface area (Å²) < 4.78 is 66.4. The van der Waals surface area contributed by atoms with Gasteiger partial charge in [0.1, 0.15) is 22.7 Å². The van der Waals surface area contributed by atoms with Crippen LogP contribution in [-0.2, 0) is 16.8 Å². The summed E-state index contributed by atoms with van der Waals surface area (Å²) >= 11 is 6.04. The van der Waals surface area contributed by atoms with Crippen molar-refractivity contribution >= 4 is 46.0 Å². The fourth-order valence-corrected chi connectivity index (χ4v) is 4.79. The average Bonchev–Trinajstić information content (AvgIpc) is 3.36. The van der Waals surface area contributed by atoms with Crippen LogP contribution in [0.3, 0.4) is 0 Å². The molecule has 0 saturated heterocycles. The molecule has 0 radical (unpaired) electrons. The lowest BCUT2D eigenvalue weighted by Gasteiger charge is -2.23. The topological polar surface area (TPSA) is 136 Å². The van der Waals surface area contributed by atoms with Crippen LogP contribution in [0.15, 0.2) is 42.5 Å². The molecule has 2 aromatic heterocycles. The summed E-state index contributed by atoms with van der Waals surface area (Å²) in [6.07, 6.45) is -7.31. The van der Waals surface area contributed by atoms with Crippen molar-refractivity contribution in [3.8, 4) is 11.5 Å². The van der Waals surface area contributed by atoms with Crippen LogP contribution in [0.5, 0.6) is 0 Å². The second-order valence-electron chi connectivity index (χ2n) is 9.31. The van der Waals surface area contributed by atoms with Crippen LogP contribution < -0.4 is 11.1 Å². The minimum absolute atomic E-state index is 0.00668. The van der Waals surface area contributed by atoms with Gasteiger partial charge in [0.2, 0.25) is 5.91 Å². The van der Waals surface area contributed by atoms with Crippen LogP contribution in [0.1, 0.15) is 34.8 Å². The summed E-state index contributed by atoms with van der Waals surface area (Å²) in [6.45, 7) is 0.722. The van der Waals surface area contributed by atoms with Crippen molar-refractivity contribution in [2.75, 3.05) is 11.1 Å². The fraction of sp³-hybridized carbons (Fsp3) is 0.240. The zero-order valence-corrected chi connectivity index (χ0v) is 21.1. The lowest BCUT2D eigenvalue weighted by atomic mass is 9.77. The minimum atomic E-state index is -5.73. The number of benzene rings is 2. The molecular formula is C25H18ClF5N6O3. The Morgan fingerprint density at radius 2 is 1.88 bits per heavy atom. The number of carbonyl (C=O) groups excluding carboxylic acids is 1. The third-order valence-electron chi connectivity index (χ3n) is 6.79. The number of nitrogens with zero attached hydrogens (tertiary/aromatic N) is 4. The molecule has 9 nitrogen and oxygen atoms in total. The number of halogens is 6. The maximum atomic E-state index is 13.6. The Bertz CT molecular complexity index is 1710. The molecule has 3 heterocycles. The molecule has 1 atom stereocenters. The maximum absolute atomic E-state index is 13.6. The van der Waals surface area contributed by atoms with Gasteiger partial charge in [-0.3, -0.25) is 9.48 Å². The molecule has 0 aliphatic carbocycles. The van der Waals surface area contributed by atoms with Crippen LogP contribution in [0.4, 0.5) is 33.6 Å². The van der Waals surface area contributed by atoms with E-state index in [0.717, 1.165) is 4.68 Å². The Balaban J connectivity index is 1.61.